The lowest BCUT2D eigenvalue weighted by Crippen LogP contribution is -2.05. The Kier molecular flexibility index (Phi) is 3.47. The second kappa shape index (κ2) is 4.47. The third-order valence-corrected chi connectivity index (χ3v) is 3.20. The Balaban J connectivity index is 3.79. The molecule has 0 unspecified atom stereocenters. The van der Waals surface area contributed by atoms with Gasteiger partial charge in [0.15, 0.2) is 0 Å². The van der Waals surface area contributed by atoms with E-state index in [4.69, 9.17) is 10.6 Å². The zero-order valence-electron chi connectivity index (χ0n) is 9.14. The van der Waals surface area contributed by atoms with E-state index < -0.39 is 5.97 Å². The average molecular weight is 237 g/mol. The normalized spacial score (nSPS) is 9.75. The van der Waals surface area contributed by atoms with Crippen molar-refractivity contribution in [1.82, 2.24) is 0 Å². The van der Waals surface area contributed by atoms with E-state index in [0.717, 1.165) is 0 Å². The number of benzene rings is 1. The highest BCUT2D eigenvalue weighted by Gasteiger charge is 2.18. The molecule has 0 radical (unpaired) electrons. The summed E-state index contributed by atoms with van der Waals surface area (Å²) in [5.74, 6) is -1.04. The van der Waals surface area contributed by atoms with Crippen molar-refractivity contribution < 1.29 is 9.90 Å². The Morgan fingerprint density at radius 2 is 1.88 bits per heavy atom. The molecule has 0 aromatic heterocycles. The Morgan fingerprint density at radius 3 is 2.31 bits per heavy atom. The van der Waals surface area contributed by atoms with Gasteiger partial charge in [0.25, 0.3) is 0 Å². The summed E-state index contributed by atoms with van der Waals surface area (Å²) >= 11 is 4.24. The van der Waals surface area contributed by atoms with Gasteiger partial charge in [0.1, 0.15) is 0 Å². The monoisotopic (exact) mass is 237 g/mol. The molecule has 1 rings (SSSR count). The lowest BCUT2D eigenvalue weighted by molar-refractivity contribution is 0.0695. The molecule has 0 amide bonds. The van der Waals surface area contributed by atoms with Gasteiger partial charge in [-0.1, -0.05) is 5.11 Å². The summed E-state index contributed by atoms with van der Waals surface area (Å²) in [7, 11) is 0. The van der Waals surface area contributed by atoms with Gasteiger partial charge in [0, 0.05) is 15.5 Å². The predicted molar refractivity (Wildman–Crippen MR) is 63.7 cm³/mol. The Labute approximate surface area is 98.1 Å². The summed E-state index contributed by atoms with van der Waals surface area (Å²) in [6, 6.07) is 0. The first-order valence-corrected chi connectivity index (χ1v) is 4.97. The minimum absolute atomic E-state index is 0.151. The number of aromatic carboxylic acids is 1. The second-order valence-corrected chi connectivity index (χ2v) is 3.89. The number of carboxylic acid groups (broad SMARTS) is 1. The first kappa shape index (κ1) is 12.4. The predicted octanol–water partition coefficient (Wildman–Crippen LogP) is 3.54. The molecule has 1 aromatic rings. The number of hydrogen-bond donors (Lipinski definition) is 2. The fourth-order valence-corrected chi connectivity index (χ4v) is 1.93. The van der Waals surface area contributed by atoms with Crippen molar-refractivity contribution in [2.75, 3.05) is 0 Å². The zero-order valence-corrected chi connectivity index (χ0v) is 10.0. The summed E-state index contributed by atoms with van der Waals surface area (Å²) < 4.78 is 0. The van der Waals surface area contributed by atoms with Crippen LogP contribution < -0.4 is 0 Å². The molecule has 5 nitrogen and oxygen atoms in total. The van der Waals surface area contributed by atoms with Gasteiger partial charge in [0.05, 0.1) is 5.56 Å². The highest BCUT2D eigenvalue weighted by atomic mass is 32.1. The molecule has 0 heterocycles. The standard InChI is InChI=1S/C10H11N3O2S/c1-4-7(10(14)15)5(2)9(16)6(3)8(4)12-13-11/h16H,1-3H3,(H,14,15). The van der Waals surface area contributed by atoms with Crippen LogP contribution in [0.5, 0.6) is 0 Å². The summed E-state index contributed by atoms with van der Waals surface area (Å²) in [4.78, 5) is 14.3. The fraction of sp³-hybridized carbons (Fsp3) is 0.300. The van der Waals surface area contributed by atoms with Gasteiger partial charge in [-0.3, -0.25) is 0 Å². The van der Waals surface area contributed by atoms with Crippen LogP contribution in [-0.4, -0.2) is 11.1 Å². The maximum atomic E-state index is 11.1. The van der Waals surface area contributed by atoms with Gasteiger partial charge in [-0.2, -0.15) is 0 Å². The van der Waals surface area contributed by atoms with Crippen LogP contribution >= 0.6 is 12.6 Å². The largest absolute Gasteiger partial charge is 0.478 e. The van der Waals surface area contributed by atoms with Gasteiger partial charge >= 0.3 is 5.97 Å². The molecule has 16 heavy (non-hydrogen) atoms. The molecule has 0 aliphatic heterocycles. The minimum atomic E-state index is -1.04. The van der Waals surface area contributed by atoms with Crippen molar-refractivity contribution in [3.63, 3.8) is 0 Å². The van der Waals surface area contributed by atoms with Crippen LogP contribution in [0, 0.1) is 20.8 Å². The maximum absolute atomic E-state index is 11.1. The minimum Gasteiger partial charge on any atom is -0.478 e. The summed E-state index contributed by atoms with van der Waals surface area (Å²) in [6.07, 6.45) is 0. The van der Waals surface area contributed by atoms with Crippen LogP contribution in [0.15, 0.2) is 10.0 Å². The van der Waals surface area contributed by atoms with Crippen LogP contribution in [0.3, 0.4) is 0 Å². The topological polar surface area (TPSA) is 86.1 Å². The molecule has 0 spiro atoms. The summed E-state index contributed by atoms with van der Waals surface area (Å²) in [6.45, 7) is 5.06. The van der Waals surface area contributed by atoms with Gasteiger partial charge in [0.2, 0.25) is 0 Å². The molecule has 0 saturated heterocycles. The highest BCUT2D eigenvalue weighted by molar-refractivity contribution is 7.80. The zero-order chi connectivity index (χ0) is 12.5. The average Bonchev–Trinajstić information content (AvgIpc) is 2.21. The molecule has 1 aromatic carbocycles. The quantitative estimate of drug-likeness (QED) is 0.356. The van der Waals surface area contributed by atoms with Gasteiger partial charge in [-0.15, -0.1) is 12.6 Å². The lowest BCUT2D eigenvalue weighted by atomic mass is 9.97. The number of thiol groups is 1. The number of carboxylic acids is 1. The molecule has 0 fully saturated rings. The maximum Gasteiger partial charge on any atom is 0.336 e. The van der Waals surface area contributed by atoms with Crippen LogP contribution in [0.25, 0.3) is 10.4 Å². The number of hydrogen-bond acceptors (Lipinski definition) is 3. The van der Waals surface area contributed by atoms with Crippen LogP contribution in [-0.2, 0) is 0 Å². The molecular formula is C10H11N3O2S. The van der Waals surface area contributed by atoms with Crippen molar-refractivity contribution in [3.05, 3.63) is 32.7 Å². The van der Waals surface area contributed by atoms with Crippen molar-refractivity contribution in [3.8, 4) is 0 Å². The van der Waals surface area contributed by atoms with Crippen molar-refractivity contribution in [2.24, 2.45) is 5.11 Å². The highest BCUT2D eigenvalue weighted by Crippen LogP contribution is 2.35. The fourth-order valence-electron chi connectivity index (χ4n) is 1.71. The third-order valence-electron chi connectivity index (χ3n) is 2.53. The molecule has 0 atom stereocenters. The number of rotatable bonds is 2. The Bertz CT molecular complexity index is 490. The van der Waals surface area contributed by atoms with E-state index in [1.807, 2.05) is 0 Å². The number of carbonyl (C=O) groups is 1. The van der Waals surface area contributed by atoms with E-state index in [2.05, 4.69) is 22.7 Å². The molecule has 0 bridgehead atoms. The van der Waals surface area contributed by atoms with Gasteiger partial charge in [-0.05, 0) is 43.0 Å². The van der Waals surface area contributed by atoms with E-state index in [1.165, 1.54) is 0 Å². The molecule has 1 N–H and O–H groups in total. The SMILES string of the molecule is Cc1c(S)c(C)c(C(=O)O)c(C)c1N=[N+]=[N-]. The number of nitrogens with zero attached hydrogens (tertiary/aromatic N) is 3. The molecule has 84 valence electrons. The first-order valence-electron chi connectivity index (χ1n) is 4.52. The van der Waals surface area contributed by atoms with Crippen LogP contribution in [0.1, 0.15) is 27.0 Å². The second-order valence-electron chi connectivity index (χ2n) is 3.44. The van der Waals surface area contributed by atoms with E-state index >= 15 is 0 Å². The van der Waals surface area contributed by atoms with Crippen molar-refractivity contribution >= 4 is 24.3 Å². The van der Waals surface area contributed by atoms with E-state index in [0.29, 0.717) is 27.3 Å². The molecule has 0 aliphatic carbocycles. The summed E-state index contributed by atoms with van der Waals surface area (Å²) in [5.41, 5.74) is 10.7. The first-order chi connectivity index (χ1) is 7.41. The van der Waals surface area contributed by atoms with Gasteiger partial charge in [-0.25, -0.2) is 4.79 Å². The van der Waals surface area contributed by atoms with Crippen molar-refractivity contribution in [1.29, 1.82) is 0 Å². The van der Waals surface area contributed by atoms with Crippen molar-refractivity contribution in [2.45, 2.75) is 25.7 Å². The summed E-state index contributed by atoms with van der Waals surface area (Å²) in [5, 5.41) is 12.6. The Hall–Kier alpha value is -1.65. The molecule has 0 aliphatic rings. The molecular weight excluding hydrogens is 226 g/mol. The third kappa shape index (κ3) is 1.85. The smallest absolute Gasteiger partial charge is 0.336 e. The van der Waals surface area contributed by atoms with Crippen LogP contribution in [0.2, 0.25) is 0 Å². The lowest BCUT2D eigenvalue weighted by Gasteiger charge is -2.14. The van der Waals surface area contributed by atoms with E-state index in [9.17, 15) is 4.79 Å². The van der Waals surface area contributed by atoms with E-state index in [-0.39, 0.29) is 5.56 Å². The molecule has 6 heteroatoms. The van der Waals surface area contributed by atoms with E-state index in [1.54, 1.807) is 20.8 Å². The number of azide groups is 1. The van der Waals surface area contributed by atoms with Gasteiger partial charge < -0.3 is 5.11 Å². The van der Waals surface area contributed by atoms with Crippen LogP contribution in [0.4, 0.5) is 5.69 Å². The Morgan fingerprint density at radius 1 is 1.31 bits per heavy atom. The molecule has 0 saturated carbocycles.